The van der Waals surface area contributed by atoms with Gasteiger partial charge in [0.25, 0.3) is 0 Å². The smallest absolute Gasteiger partial charge is 0.411 e. The molecule has 1 amide bonds. The number of carbonyl (C=O) groups is 2. The molecule has 0 bridgehead atoms. The maximum absolute atomic E-state index is 12.5. The van der Waals surface area contributed by atoms with Crippen molar-refractivity contribution in [3.8, 4) is 0 Å². The molecule has 0 aliphatic carbocycles. The van der Waals surface area contributed by atoms with E-state index in [1.165, 1.54) is 23.6 Å². The van der Waals surface area contributed by atoms with E-state index >= 15 is 0 Å². The highest BCUT2D eigenvalue weighted by Gasteiger charge is 2.39. The third-order valence-corrected chi connectivity index (χ3v) is 6.59. The summed E-state index contributed by atoms with van der Waals surface area (Å²) in [5.74, 6) is 0. The molecule has 0 N–H and O–H groups in total. The second kappa shape index (κ2) is 7.61. The molecule has 0 saturated carbocycles. The lowest BCUT2D eigenvalue weighted by atomic mass is 10.1. The Morgan fingerprint density at radius 2 is 2.32 bits per heavy atom. The third kappa shape index (κ3) is 3.74. The largest absolute Gasteiger partial charge is 0.445 e. The summed E-state index contributed by atoms with van der Waals surface area (Å²) in [7, 11) is 0. The van der Waals surface area contributed by atoms with Gasteiger partial charge in [-0.25, -0.2) is 9.78 Å². The third-order valence-electron chi connectivity index (χ3n) is 4.31. The van der Waals surface area contributed by atoms with Crippen LogP contribution in [0.3, 0.4) is 0 Å². The lowest BCUT2D eigenvalue weighted by Crippen LogP contribution is -2.41. The SMILES string of the molecule is C=CCOC(=O)N1C(Cc2sc3cncn3c2C)CCC1SC(C)=O. The van der Waals surface area contributed by atoms with Gasteiger partial charge in [-0.2, -0.15) is 0 Å². The van der Waals surface area contributed by atoms with E-state index in [0.29, 0.717) is 0 Å². The minimum absolute atomic E-state index is 0.0137. The van der Waals surface area contributed by atoms with Gasteiger partial charge in [-0.3, -0.25) is 14.1 Å². The molecular weight excluding hydrogens is 358 g/mol. The Kier molecular flexibility index (Phi) is 5.48. The van der Waals surface area contributed by atoms with Crippen LogP contribution in [0.25, 0.3) is 4.83 Å². The maximum atomic E-state index is 12.5. The fourth-order valence-corrected chi connectivity index (χ4v) is 5.35. The van der Waals surface area contributed by atoms with E-state index in [0.717, 1.165) is 29.8 Å². The van der Waals surface area contributed by atoms with E-state index in [1.807, 2.05) is 12.5 Å². The average molecular weight is 380 g/mol. The number of rotatable bonds is 5. The zero-order valence-corrected chi connectivity index (χ0v) is 15.9. The van der Waals surface area contributed by atoms with Crippen molar-refractivity contribution in [1.29, 1.82) is 0 Å². The van der Waals surface area contributed by atoms with Gasteiger partial charge in [0.1, 0.15) is 17.8 Å². The van der Waals surface area contributed by atoms with Gasteiger partial charge in [0.15, 0.2) is 5.12 Å². The molecule has 6 nitrogen and oxygen atoms in total. The summed E-state index contributed by atoms with van der Waals surface area (Å²) in [6.07, 6.45) is 7.25. The minimum atomic E-state index is -0.372. The molecule has 3 heterocycles. The molecule has 2 aromatic rings. The predicted octanol–water partition coefficient (Wildman–Crippen LogP) is 3.64. The first-order chi connectivity index (χ1) is 12.0. The molecule has 1 fully saturated rings. The molecule has 0 radical (unpaired) electrons. The number of ether oxygens (including phenoxy) is 1. The Bertz CT molecular complexity index is 798. The van der Waals surface area contributed by atoms with Gasteiger partial charge in [-0.05, 0) is 19.8 Å². The highest BCUT2D eigenvalue weighted by Crippen LogP contribution is 2.36. The summed E-state index contributed by atoms with van der Waals surface area (Å²) >= 11 is 2.90. The fourth-order valence-electron chi connectivity index (χ4n) is 3.18. The number of amides is 1. The molecule has 25 heavy (non-hydrogen) atoms. The van der Waals surface area contributed by atoms with Crippen LogP contribution >= 0.6 is 23.1 Å². The lowest BCUT2D eigenvalue weighted by molar-refractivity contribution is -0.109. The van der Waals surface area contributed by atoms with Gasteiger partial charge in [0, 0.05) is 30.0 Å². The van der Waals surface area contributed by atoms with Crippen LogP contribution < -0.4 is 0 Å². The van der Waals surface area contributed by atoms with Crippen LogP contribution in [0.1, 0.15) is 30.3 Å². The number of thiazole rings is 1. The van der Waals surface area contributed by atoms with Crippen molar-refractivity contribution in [2.75, 3.05) is 6.61 Å². The molecule has 2 aromatic heterocycles. The number of imidazole rings is 1. The second-order valence-corrected chi connectivity index (χ2v) is 8.45. The number of carbonyl (C=O) groups excluding carboxylic acids is 2. The van der Waals surface area contributed by atoms with Gasteiger partial charge >= 0.3 is 6.09 Å². The number of aryl methyl sites for hydroxylation is 1. The Labute approximate surface area is 154 Å². The number of nitrogens with zero attached hydrogens (tertiary/aromatic N) is 3. The number of likely N-dealkylation sites (tertiary alicyclic amines) is 1. The van der Waals surface area contributed by atoms with E-state index in [-0.39, 0.29) is 29.2 Å². The van der Waals surface area contributed by atoms with Crippen LogP contribution in [0.15, 0.2) is 25.2 Å². The van der Waals surface area contributed by atoms with Crippen molar-refractivity contribution in [1.82, 2.24) is 14.3 Å². The van der Waals surface area contributed by atoms with Crippen molar-refractivity contribution in [3.05, 3.63) is 35.8 Å². The van der Waals surface area contributed by atoms with E-state index < -0.39 is 0 Å². The van der Waals surface area contributed by atoms with Crippen LogP contribution in [0.2, 0.25) is 0 Å². The Balaban J connectivity index is 1.80. The first-order valence-electron chi connectivity index (χ1n) is 8.14. The van der Waals surface area contributed by atoms with E-state index in [2.05, 4.69) is 22.9 Å². The van der Waals surface area contributed by atoms with Gasteiger partial charge in [-0.1, -0.05) is 24.4 Å². The van der Waals surface area contributed by atoms with Gasteiger partial charge in [0.2, 0.25) is 0 Å². The second-order valence-electron chi connectivity index (χ2n) is 5.98. The summed E-state index contributed by atoms with van der Waals surface area (Å²) in [5.41, 5.74) is 1.15. The molecule has 0 spiro atoms. The highest BCUT2D eigenvalue weighted by molar-refractivity contribution is 8.14. The Morgan fingerprint density at radius 1 is 1.52 bits per heavy atom. The normalized spacial score (nSPS) is 20.2. The molecule has 134 valence electrons. The summed E-state index contributed by atoms with van der Waals surface area (Å²) in [4.78, 5) is 32.3. The minimum Gasteiger partial charge on any atom is -0.445 e. The van der Waals surface area contributed by atoms with Crippen LogP contribution in [0.4, 0.5) is 4.79 Å². The molecule has 1 aliphatic rings. The van der Waals surface area contributed by atoms with E-state index in [4.69, 9.17) is 4.74 Å². The highest BCUT2D eigenvalue weighted by atomic mass is 32.2. The van der Waals surface area contributed by atoms with Crippen LogP contribution in [0.5, 0.6) is 0 Å². The quantitative estimate of drug-likeness (QED) is 0.742. The molecule has 8 heteroatoms. The average Bonchev–Trinajstić information content (AvgIpc) is 3.24. The topological polar surface area (TPSA) is 63.9 Å². The lowest BCUT2D eigenvalue weighted by Gasteiger charge is -2.28. The molecule has 0 aromatic carbocycles. The molecular formula is C17H21N3O3S2. The van der Waals surface area contributed by atoms with Gasteiger partial charge < -0.3 is 4.74 Å². The van der Waals surface area contributed by atoms with Gasteiger partial charge in [-0.15, -0.1) is 11.3 Å². The maximum Gasteiger partial charge on any atom is 0.411 e. The Hall–Kier alpha value is -1.80. The summed E-state index contributed by atoms with van der Waals surface area (Å²) in [5, 5.41) is -0.146. The number of thioether (sulfide) groups is 1. The standard InChI is InChI=1S/C17H21N3O3S2/c1-4-7-23-17(22)20-13(5-6-15(20)24-12(3)21)8-14-11(2)19-10-18-9-16(19)25-14/h4,9-10,13,15H,1,5-8H2,2-3H3. The number of fused-ring (bicyclic) bond motifs is 1. The van der Waals surface area contributed by atoms with E-state index in [1.54, 1.807) is 22.3 Å². The van der Waals surface area contributed by atoms with Crippen molar-refractivity contribution in [3.63, 3.8) is 0 Å². The summed E-state index contributed by atoms with van der Waals surface area (Å²) in [6.45, 7) is 7.35. The van der Waals surface area contributed by atoms with Crippen molar-refractivity contribution >= 4 is 39.1 Å². The molecule has 1 saturated heterocycles. The van der Waals surface area contributed by atoms with Crippen molar-refractivity contribution < 1.29 is 14.3 Å². The van der Waals surface area contributed by atoms with Crippen molar-refractivity contribution in [2.45, 2.75) is 44.5 Å². The van der Waals surface area contributed by atoms with E-state index in [9.17, 15) is 9.59 Å². The van der Waals surface area contributed by atoms with Gasteiger partial charge in [0.05, 0.1) is 11.6 Å². The van der Waals surface area contributed by atoms with Crippen molar-refractivity contribution in [2.24, 2.45) is 0 Å². The molecule has 2 unspecified atom stereocenters. The summed E-state index contributed by atoms with van der Waals surface area (Å²) < 4.78 is 7.33. The van der Waals surface area contributed by atoms with Crippen LogP contribution in [-0.4, -0.2) is 43.5 Å². The number of aromatic nitrogens is 2. The molecule has 2 atom stereocenters. The van der Waals surface area contributed by atoms with Crippen LogP contribution in [0, 0.1) is 6.92 Å². The summed E-state index contributed by atoms with van der Waals surface area (Å²) in [6, 6.07) is 0.0316. The predicted molar refractivity (Wildman–Crippen MR) is 100.0 cm³/mol. The monoisotopic (exact) mass is 379 g/mol. The first kappa shape index (κ1) is 18.0. The number of hydrogen-bond acceptors (Lipinski definition) is 6. The fraction of sp³-hybridized carbons (Fsp3) is 0.471. The number of hydrogen-bond donors (Lipinski definition) is 0. The molecule has 3 rings (SSSR count). The molecule has 1 aliphatic heterocycles. The zero-order valence-electron chi connectivity index (χ0n) is 14.3. The zero-order chi connectivity index (χ0) is 18.0. The first-order valence-corrected chi connectivity index (χ1v) is 9.84. The van der Waals surface area contributed by atoms with Crippen LogP contribution in [-0.2, 0) is 16.0 Å². The Morgan fingerprint density at radius 3 is 3.00 bits per heavy atom.